The third kappa shape index (κ3) is 4.33. The maximum Gasteiger partial charge on any atom is 0.321 e. The van der Waals surface area contributed by atoms with Crippen molar-refractivity contribution in [1.29, 1.82) is 5.26 Å². The molecule has 0 aliphatic rings. The van der Waals surface area contributed by atoms with E-state index in [-0.39, 0.29) is 6.61 Å². The van der Waals surface area contributed by atoms with Gasteiger partial charge in [-0.1, -0.05) is 24.3 Å². The first kappa shape index (κ1) is 19.1. The molecule has 7 nitrogen and oxygen atoms in total. The number of nitriles is 1. The number of hydrogen-bond donors (Lipinski definition) is 3. The molecule has 0 saturated heterocycles. The van der Waals surface area contributed by atoms with Gasteiger partial charge in [0.2, 0.25) is 0 Å². The molecule has 1 atom stereocenters. The van der Waals surface area contributed by atoms with Gasteiger partial charge >= 0.3 is 6.03 Å². The molecule has 0 radical (unpaired) electrons. The van der Waals surface area contributed by atoms with Gasteiger partial charge in [-0.2, -0.15) is 5.26 Å². The lowest BCUT2D eigenvalue weighted by Crippen LogP contribution is -2.34. The first-order valence-corrected chi connectivity index (χ1v) is 9.08. The number of nitrogens with zero attached hydrogens (tertiary/aromatic N) is 3. The van der Waals surface area contributed by atoms with Gasteiger partial charge in [-0.05, 0) is 18.1 Å². The molecule has 2 aromatic heterocycles. The van der Waals surface area contributed by atoms with E-state index in [0.29, 0.717) is 22.1 Å². The highest BCUT2D eigenvalue weighted by Crippen LogP contribution is 2.23. The molecule has 28 heavy (non-hydrogen) atoms. The monoisotopic (exact) mass is 389 g/mol. The molecule has 8 heteroatoms. The molecule has 1 aromatic carbocycles. The SMILES string of the molecule is C#Cc1nc(NC(=O)N[C@@H](CO)c2ccc(-c3ccccc3C#N)cn2)cs1. The Morgan fingerprint density at radius 1 is 1.32 bits per heavy atom. The summed E-state index contributed by atoms with van der Waals surface area (Å²) < 4.78 is 0. The van der Waals surface area contributed by atoms with Crippen LogP contribution in [-0.2, 0) is 0 Å². The average Bonchev–Trinajstić information content (AvgIpc) is 3.19. The molecule has 2 amide bonds. The van der Waals surface area contributed by atoms with Crippen molar-refractivity contribution < 1.29 is 9.90 Å². The summed E-state index contributed by atoms with van der Waals surface area (Å²) in [4.78, 5) is 20.5. The van der Waals surface area contributed by atoms with Crippen molar-refractivity contribution in [3.8, 4) is 29.5 Å². The number of carbonyl (C=O) groups is 1. The van der Waals surface area contributed by atoms with Gasteiger partial charge in [-0.3, -0.25) is 10.3 Å². The topological polar surface area (TPSA) is 111 Å². The summed E-state index contributed by atoms with van der Waals surface area (Å²) in [5.74, 6) is 2.73. The fourth-order valence-corrected chi connectivity index (χ4v) is 3.08. The second-order valence-electron chi connectivity index (χ2n) is 5.64. The summed E-state index contributed by atoms with van der Waals surface area (Å²) in [7, 11) is 0. The third-order valence-corrected chi connectivity index (χ3v) is 4.63. The highest BCUT2D eigenvalue weighted by atomic mass is 32.1. The number of benzene rings is 1. The van der Waals surface area contributed by atoms with E-state index in [9.17, 15) is 15.2 Å². The van der Waals surface area contributed by atoms with Gasteiger partial charge in [0, 0.05) is 22.7 Å². The van der Waals surface area contributed by atoms with Crippen LogP contribution in [0.1, 0.15) is 22.3 Å². The highest BCUT2D eigenvalue weighted by Gasteiger charge is 2.16. The van der Waals surface area contributed by atoms with Crippen LogP contribution in [0.25, 0.3) is 11.1 Å². The minimum Gasteiger partial charge on any atom is -0.394 e. The molecule has 0 spiro atoms. The van der Waals surface area contributed by atoms with E-state index in [4.69, 9.17) is 6.42 Å². The lowest BCUT2D eigenvalue weighted by atomic mass is 10.0. The Kier molecular flexibility index (Phi) is 5.97. The van der Waals surface area contributed by atoms with Crippen molar-refractivity contribution in [3.63, 3.8) is 0 Å². The zero-order valence-corrected chi connectivity index (χ0v) is 15.4. The van der Waals surface area contributed by atoms with Crippen LogP contribution in [0, 0.1) is 23.7 Å². The van der Waals surface area contributed by atoms with Crippen LogP contribution in [-0.4, -0.2) is 27.7 Å². The number of aliphatic hydroxyl groups is 1. The van der Waals surface area contributed by atoms with Crippen LogP contribution in [0.4, 0.5) is 10.6 Å². The molecular formula is C20H15N5O2S. The van der Waals surface area contributed by atoms with E-state index < -0.39 is 12.1 Å². The van der Waals surface area contributed by atoms with Crippen molar-refractivity contribution in [2.45, 2.75) is 6.04 Å². The van der Waals surface area contributed by atoms with Gasteiger partial charge in [-0.15, -0.1) is 17.8 Å². The number of amides is 2. The Morgan fingerprint density at radius 3 is 2.79 bits per heavy atom. The average molecular weight is 389 g/mol. The molecule has 0 aliphatic carbocycles. The van der Waals surface area contributed by atoms with Gasteiger partial charge in [-0.25, -0.2) is 9.78 Å². The number of rotatable bonds is 5. The Hall–Kier alpha value is -3.72. The predicted octanol–water partition coefficient (Wildman–Crippen LogP) is 2.91. The molecular weight excluding hydrogens is 374 g/mol. The number of pyridine rings is 1. The van der Waals surface area contributed by atoms with E-state index in [1.165, 1.54) is 11.3 Å². The zero-order valence-electron chi connectivity index (χ0n) is 14.6. The number of carbonyl (C=O) groups excluding carboxylic acids is 1. The van der Waals surface area contributed by atoms with Crippen molar-refractivity contribution in [3.05, 3.63) is 64.2 Å². The second kappa shape index (κ2) is 8.78. The first-order chi connectivity index (χ1) is 13.6. The Bertz CT molecular complexity index is 1060. The second-order valence-corrected chi connectivity index (χ2v) is 6.50. The number of hydrogen-bond acceptors (Lipinski definition) is 6. The third-order valence-electron chi connectivity index (χ3n) is 3.86. The molecule has 2 heterocycles. The van der Waals surface area contributed by atoms with Crippen molar-refractivity contribution in [2.24, 2.45) is 0 Å². The van der Waals surface area contributed by atoms with Crippen LogP contribution >= 0.6 is 11.3 Å². The number of nitrogens with one attached hydrogen (secondary N) is 2. The summed E-state index contributed by atoms with van der Waals surface area (Å²) in [6.45, 7) is -0.332. The minimum atomic E-state index is -0.703. The Labute approximate surface area is 165 Å². The summed E-state index contributed by atoms with van der Waals surface area (Å²) in [5.41, 5.74) is 2.57. The van der Waals surface area contributed by atoms with Crippen molar-refractivity contribution >= 4 is 23.2 Å². The fourth-order valence-electron chi connectivity index (χ4n) is 2.52. The largest absolute Gasteiger partial charge is 0.394 e. The van der Waals surface area contributed by atoms with E-state index >= 15 is 0 Å². The smallest absolute Gasteiger partial charge is 0.321 e. The molecule has 0 fully saturated rings. The van der Waals surface area contributed by atoms with Crippen molar-refractivity contribution in [1.82, 2.24) is 15.3 Å². The van der Waals surface area contributed by atoms with Gasteiger partial charge < -0.3 is 10.4 Å². The molecule has 3 aromatic rings. The van der Waals surface area contributed by atoms with Gasteiger partial charge in [0.15, 0.2) is 5.01 Å². The van der Waals surface area contributed by atoms with E-state index in [1.54, 1.807) is 35.8 Å². The number of thiazole rings is 1. The van der Waals surface area contributed by atoms with Crippen molar-refractivity contribution in [2.75, 3.05) is 11.9 Å². The molecule has 3 N–H and O–H groups in total. The quantitative estimate of drug-likeness (QED) is 0.581. The van der Waals surface area contributed by atoms with Gasteiger partial charge in [0.25, 0.3) is 0 Å². The van der Waals surface area contributed by atoms with Crippen LogP contribution in [0.3, 0.4) is 0 Å². The summed E-state index contributed by atoms with van der Waals surface area (Å²) in [5, 5.41) is 26.2. The Morgan fingerprint density at radius 2 is 2.14 bits per heavy atom. The molecule has 0 aliphatic heterocycles. The van der Waals surface area contributed by atoms with E-state index in [1.807, 2.05) is 12.1 Å². The maximum absolute atomic E-state index is 12.1. The van der Waals surface area contributed by atoms with Crippen LogP contribution < -0.4 is 10.6 Å². The summed E-state index contributed by atoms with van der Waals surface area (Å²) in [6, 6.07) is 11.6. The van der Waals surface area contributed by atoms with Crippen LogP contribution in [0.5, 0.6) is 0 Å². The number of aliphatic hydroxyl groups excluding tert-OH is 1. The standard InChI is InChI=1S/C20H15N5O2S/c1-2-19-24-18(12-28-19)25-20(27)23-17(11-26)16-8-7-14(10-22-16)15-6-4-3-5-13(15)9-21/h1,3-8,10,12,17,26H,11H2,(H2,23,25,27)/t17-/m0/s1. The number of urea groups is 1. The van der Waals surface area contributed by atoms with Crippen LogP contribution in [0.15, 0.2) is 48.0 Å². The predicted molar refractivity (Wildman–Crippen MR) is 106 cm³/mol. The maximum atomic E-state index is 12.1. The lowest BCUT2D eigenvalue weighted by Gasteiger charge is -2.16. The minimum absolute atomic E-state index is 0.332. The molecule has 3 rings (SSSR count). The van der Waals surface area contributed by atoms with Gasteiger partial charge in [0.05, 0.1) is 30.0 Å². The zero-order chi connectivity index (χ0) is 19.9. The molecule has 138 valence electrons. The number of anilines is 1. The number of terminal acetylenes is 1. The molecule has 0 bridgehead atoms. The molecule has 0 saturated carbocycles. The van der Waals surface area contributed by atoms with Gasteiger partial charge in [0.1, 0.15) is 5.82 Å². The molecule has 0 unspecified atom stereocenters. The Balaban J connectivity index is 1.71. The summed E-state index contributed by atoms with van der Waals surface area (Å²) >= 11 is 1.24. The highest BCUT2D eigenvalue weighted by molar-refractivity contribution is 7.10. The normalized spacial score (nSPS) is 11.1. The van der Waals surface area contributed by atoms with E-state index in [2.05, 4.69) is 32.6 Å². The first-order valence-electron chi connectivity index (χ1n) is 8.20. The van der Waals surface area contributed by atoms with Crippen LogP contribution in [0.2, 0.25) is 0 Å². The van der Waals surface area contributed by atoms with E-state index in [0.717, 1.165) is 11.1 Å². The number of aromatic nitrogens is 2. The summed E-state index contributed by atoms with van der Waals surface area (Å²) in [6.07, 6.45) is 6.86. The fraction of sp³-hybridized carbons (Fsp3) is 0.100. The lowest BCUT2D eigenvalue weighted by molar-refractivity contribution is 0.224.